The van der Waals surface area contributed by atoms with E-state index in [0.717, 1.165) is 17.0 Å². The van der Waals surface area contributed by atoms with Crippen LogP contribution in [0, 0.1) is 17.5 Å². The van der Waals surface area contributed by atoms with Crippen molar-refractivity contribution in [2.45, 2.75) is 43.9 Å². The van der Waals surface area contributed by atoms with E-state index in [2.05, 4.69) is 0 Å². The molecule has 1 N–H and O–H groups in total. The van der Waals surface area contributed by atoms with Crippen LogP contribution in [0.3, 0.4) is 0 Å². The number of hydrogen-bond donors (Lipinski definition) is 1. The van der Waals surface area contributed by atoms with E-state index in [1.165, 1.54) is 25.1 Å². The predicted octanol–water partition coefficient (Wildman–Crippen LogP) is 3.91. The van der Waals surface area contributed by atoms with Gasteiger partial charge in [-0.2, -0.15) is 0 Å². The van der Waals surface area contributed by atoms with Gasteiger partial charge in [0.15, 0.2) is 5.82 Å². The first-order chi connectivity index (χ1) is 16.9. The molecule has 0 aliphatic carbocycles. The minimum atomic E-state index is -4.13. The molecule has 3 atom stereocenters. The summed E-state index contributed by atoms with van der Waals surface area (Å²) in [5.74, 6) is -8.14. The number of nitrogens with zero attached hydrogens (tertiary/aromatic N) is 1. The topological polar surface area (TPSA) is 75.7 Å². The zero-order valence-corrected chi connectivity index (χ0v) is 20.5. The molecular formula is C23H22ClF5N2O4S. The smallest absolute Gasteiger partial charge is 0.283 e. The first-order valence-electron chi connectivity index (χ1n) is 11.1. The number of carbonyl (C=O) groups is 1. The van der Waals surface area contributed by atoms with Gasteiger partial charge >= 0.3 is 0 Å². The van der Waals surface area contributed by atoms with Crippen molar-refractivity contribution in [1.29, 1.82) is 0 Å². The fourth-order valence-corrected chi connectivity index (χ4v) is 5.38. The summed E-state index contributed by atoms with van der Waals surface area (Å²) in [5, 5.41) is -0.834. The monoisotopic (exact) mass is 552 g/mol. The SMILES string of the molecule is CCS(=O)(=O)N[C@@H]1[C@H](Cc2cccc(-c3ccc(F)c(Cl)c3F)c2F)N(C(=O)[C@H]2CCO2)CC1(F)F. The van der Waals surface area contributed by atoms with Crippen LogP contribution in [0.15, 0.2) is 30.3 Å². The van der Waals surface area contributed by atoms with Gasteiger partial charge in [-0.1, -0.05) is 29.8 Å². The number of amides is 1. The average molecular weight is 553 g/mol. The quantitative estimate of drug-likeness (QED) is 0.417. The standard InChI is InChI=1S/C23H22ClF5N2O4S/c1-2-36(33,34)30-21-16(31(11-23(21,28)29)22(32)17-8-9-35-17)10-12-4-3-5-13(19(12)26)14-6-7-15(25)18(24)20(14)27/h3-7,16-17,21,30H,2,8-11H2,1H3/t16-,17+,21+/m0/s1. The Bertz CT molecular complexity index is 1290. The van der Waals surface area contributed by atoms with Crippen LogP contribution in [0.1, 0.15) is 18.9 Å². The fraction of sp³-hybridized carbons (Fsp3) is 0.435. The van der Waals surface area contributed by atoms with Crippen molar-refractivity contribution in [1.82, 2.24) is 9.62 Å². The van der Waals surface area contributed by atoms with E-state index >= 15 is 13.2 Å². The lowest BCUT2D eigenvalue weighted by Crippen LogP contribution is -2.54. The molecule has 4 rings (SSSR count). The highest BCUT2D eigenvalue weighted by Crippen LogP contribution is 2.38. The molecule has 36 heavy (non-hydrogen) atoms. The van der Waals surface area contributed by atoms with Gasteiger partial charge in [0.2, 0.25) is 10.0 Å². The normalized spacial score (nSPS) is 23.5. The van der Waals surface area contributed by atoms with Gasteiger partial charge in [0.25, 0.3) is 11.8 Å². The molecule has 0 unspecified atom stereocenters. The zero-order chi connectivity index (χ0) is 26.4. The molecule has 2 saturated heterocycles. The first-order valence-corrected chi connectivity index (χ1v) is 13.1. The summed E-state index contributed by atoms with van der Waals surface area (Å²) in [4.78, 5) is 13.7. The number of rotatable bonds is 7. The Kier molecular flexibility index (Phi) is 7.35. The highest BCUT2D eigenvalue weighted by molar-refractivity contribution is 7.89. The van der Waals surface area contributed by atoms with Gasteiger partial charge in [-0.25, -0.2) is 35.1 Å². The van der Waals surface area contributed by atoms with Gasteiger partial charge in [0, 0.05) is 17.5 Å². The molecule has 2 aliphatic heterocycles. The fourth-order valence-electron chi connectivity index (χ4n) is 4.34. The second-order valence-electron chi connectivity index (χ2n) is 8.65. The lowest BCUT2D eigenvalue weighted by atomic mass is 9.95. The van der Waals surface area contributed by atoms with E-state index in [4.69, 9.17) is 16.3 Å². The molecule has 0 bridgehead atoms. The van der Waals surface area contributed by atoms with Gasteiger partial charge in [0.1, 0.15) is 28.8 Å². The molecule has 2 aromatic carbocycles. The summed E-state index contributed by atoms with van der Waals surface area (Å²) in [5.41, 5.74) is -0.831. The molecule has 2 aromatic rings. The van der Waals surface area contributed by atoms with Crippen molar-refractivity contribution in [2.24, 2.45) is 0 Å². The number of ether oxygens (including phenoxy) is 1. The summed E-state index contributed by atoms with van der Waals surface area (Å²) in [6.07, 6.45) is -1.15. The molecule has 0 radical (unpaired) electrons. The third-order valence-corrected chi connectivity index (χ3v) is 8.12. The van der Waals surface area contributed by atoms with Gasteiger partial charge in [0.05, 0.1) is 24.9 Å². The summed E-state index contributed by atoms with van der Waals surface area (Å²) in [7, 11) is -4.13. The maximum Gasteiger partial charge on any atom is 0.283 e. The van der Waals surface area contributed by atoms with Crippen molar-refractivity contribution in [3.63, 3.8) is 0 Å². The number of alkyl halides is 2. The van der Waals surface area contributed by atoms with Crippen LogP contribution in [0.4, 0.5) is 22.0 Å². The molecule has 13 heteroatoms. The Morgan fingerprint density at radius 3 is 2.44 bits per heavy atom. The highest BCUT2D eigenvalue weighted by atomic mass is 35.5. The first kappa shape index (κ1) is 26.8. The molecule has 0 saturated carbocycles. The van der Waals surface area contributed by atoms with Crippen molar-refractivity contribution in [2.75, 3.05) is 18.9 Å². The van der Waals surface area contributed by atoms with E-state index < -0.39 is 81.2 Å². The van der Waals surface area contributed by atoms with E-state index in [0.29, 0.717) is 6.42 Å². The molecule has 0 aromatic heterocycles. The minimum absolute atomic E-state index is 0.178. The Morgan fingerprint density at radius 2 is 1.83 bits per heavy atom. The molecule has 2 heterocycles. The predicted molar refractivity (Wildman–Crippen MR) is 122 cm³/mol. The van der Waals surface area contributed by atoms with E-state index in [-0.39, 0.29) is 23.3 Å². The van der Waals surface area contributed by atoms with E-state index in [1.54, 1.807) is 0 Å². The summed E-state index contributed by atoms with van der Waals surface area (Å²) < 4.78 is 105. The number of sulfonamides is 1. The number of carbonyl (C=O) groups excluding carboxylic acids is 1. The highest BCUT2D eigenvalue weighted by Gasteiger charge is 2.58. The number of halogens is 6. The molecular weight excluding hydrogens is 531 g/mol. The zero-order valence-electron chi connectivity index (χ0n) is 18.9. The van der Waals surface area contributed by atoms with Crippen LogP contribution >= 0.6 is 11.6 Å². The van der Waals surface area contributed by atoms with Crippen LogP contribution in [0.2, 0.25) is 5.02 Å². The lowest BCUT2D eigenvalue weighted by molar-refractivity contribution is -0.158. The summed E-state index contributed by atoms with van der Waals surface area (Å²) >= 11 is 5.61. The van der Waals surface area contributed by atoms with Gasteiger partial charge in [-0.3, -0.25) is 4.79 Å². The van der Waals surface area contributed by atoms with Crippen LogP contribution in [0.5, 0.6) is 0 Å². The minimum Gasteiger partial charge on any atom is -0.368 e. The van der Waals surface area contributed by atoms with Crippen molar-refractivity contribution < 1.29 is 39.9 Å². The Morgan fingerprint density at radius 1 is 1.17 bits per heavy atom. The van der Waals surface area contributed by atoms with Gasteiger partial charge in [-0.15, -0.1) is 0 Å². The molecule has 6 nitrogen and oxygen atoms in total. The number of nitrogens with one attached hydrogen (secondary N) is 1. The summed E-state index contributed by atoms with van der Waals surface area (Å²) in [6.45, 7) is 0.456. The molecule has 196 valence electrons. The van der Waals surface area contributed by atoms with Crippen molar-refractivity contribution in [3.8, 4) is 11.1 Å². The number of likely N-dealkylation sites (tertiary alicyclic amines) is 1. The molecule has 0 spiro atoms. The maximum absolute atomic E-state index is 15.6. The molecule has 2 aliphatic rings. The Hall–Kier alpha value is -2.28. The average Bonchev–Trinajstić information content (AvgIpc) is 3.02. The van der Waals surface area contributed by atoms with E-state index in [1.807, 2.05) is 4.72 Å². The largest absolute Gasteiger partial charge is 0.368 e. The Balaban J connectivity index is 1.75. The second-order valence-corrected chi connectivity index (χ2v) is 11.1. The third kappa shape index (κ3) is 4.96. The van der Waals surface area contributed by atoms with Crippen molar-refractivity contribution >= 4 is 27.5 Å². The number of hydrogen-bond acceptors (Lipinski definition) is 4. The second kappa shape index (κ2) is 9.88. The van der Waals surface area contributed by atoms with E-state index in [9.17, 15) is 22.0 Å². The number of benzene rings is 2. The van der Waals surface area contributed by atoms with Crippen LogP contribution in [0.25, 0.3) is 11.1 Å². The van der Waals surface area contributed by atoms with Crippen molar-refractivity contribution in [3.05, 3.63) is 58.4 Å². The van der Waals surface area contributed by atoms with Gasteiger partial charge < -0.3 is 9.64 Å². The molecule has 1 amide bonds. The maximum atomic E-state index is 15.6. The Labute approximate surface area is 209 Å². The van der Waals surface area contributed by atoms with Crippen LogP contribution in [-0.4, -0.2) is 62.2 Å². The van der Waals surface area contributed by atoms with Gasteiger partial charge in [-0.05, 0) is 31.0 Å². The molecule has 2 fully saturated rings. The van der Waals surface area contributed by atoms with Crippen LogP contribution < -0.4 is 4.72 Å². The summed E-state index contributed by atoms with van der Waals surface area (Å²) in [6, 6.07) is 2.15. The third-order valence-electron chi connectivity index (χ3n) is 6.40. The van der Waals surface area contributed by atoms with Crippen LogP contribution in [-0.2, 0) is 26.0 Å². The lowest BCUT2D eigenvalue weighted by Gasteiger charge is -2.34.